The average molecular weight is 170 g/mol. The van der Waals surface area contributed by atoms with E-state index in [0.717, 1.165) is 16.5 Å². The molecular formula is C11H10N2. The van der Waals surface area contributed by atoms with Gasteiger partial charge >= 0.3 is 0 Å². The van der Waals surface area contributed by atoms with Crippen molar-refractivity contribution in [3.05, 3.63) is 36.0 Å². The molecule has 1 unspecified atom stereocenters. The lowest BCUT2D eigenvalue weighted by Gasteiger charge is -2.03. The van der Waals surface area contributed by atoms with Crippen LogP contribution in [0.2, 0.25) is 0 Å². The molecule has 64 valence electrons. The van der Waals surface area contributed by atoms with Crippen LogP contribution >= 0.6 is 0 Å². The van der Waals surface area contributed by atoms with Gasteiger partial charge in [0.25, 0.3) is 0 Å². The molecule has 0 radical (unpaired) electrons. The fourth-order valence-corrected chi connectivity index (χ4v) is 1.56. The Morgan fingerprint density at radius 1 is 1.38 bits per heavy atom. The normalized spacial score (nSPS) is 12.6. The van der Waals surface area contributed by atoms with Crippen LogP contribution in [0.25, 0.3) is 10.9 Å². The Balaban J connectivity index is 2.69. The van der Waals surface area contributed by atoms with Crippen LogP contribution < -0.4 is 0 Å². The van der Waals surface area contributed by atoms with Crippen LogP contribution in [0.5, 0.6) is 0 Å². The van der Waals surface area contributed by atoms with Crippen LogP contribution in [0, 0.1) is 11.3 Å². The molecule has 0 aliphatic rings. The van der Waals surface area contributed by atoms with Crippen LogP contribution in [0.3, 0.4) is 0 Å². The van der Waals surface area contributed by atoms with Crippen LogP contribution in [0.15, 0.2) is 30.5 Å². The zero-order valence-electron chi connectivity index (χ0n) is 7.41. The van der Waals surface area contributed by atoms with E-state index in [0.29, 0.717) is 0 Å². The maximum absolute atomic E-state index is 8.82. The fourth-order valence-electron chi connectivity index (χ4n) is 1.56. The highest BCUT2D eigenvalue weighted by molar-refractivity contribution is 5.83. The Hall–Kier alpha value is -1.75. The summed E-state index contributed by atoms with van der Waals surface area (Å²) < 4.78 is 0. The van der Waals surface area contributed by atoms with Gasteiger partial charge in [-0.1, -0.05) is 12.1 Å². The van der Waals surface area contributed by atoms with Gasteiger partial charge in [-0.25, -0.2) is 0 Å². The molecule has 0 saturated carbocycles. The summed E-state index contributed by atoms with van der Waals surface area (Å²) in [6.07, 6.45) is 1.90. The lowest BCUT2D eigenvalue weighted by molar-refractivity contribution is 0.995. The number of H-pyrrole nitrogens is 1. The molecule has 0 spiro atoms. The zero-order valence-corrected chi connectivity index (χ0v) is 7.41. The maximum atomic E-state index is 8.82. The van der Waals surface area contributed by atoms with E-state index in [1.54, 1.807) is 0 Å². The molecule has 0 fully saturated rings. The maximum Gasteiger partial charge on any atom is 0.0701 e. The number of nitriles is 1. The first-order valence-electron chi connectivity index (χ1n) is 4.28. The van der Waals surface area contributed by atoms with E-state index >= 15 is 0 Å². The molecule has 0 saturated heterocycles. The minimum absolute atomic E-state index is 0.0421. The van der Waals surface area contributed by atoms with Crippen molar-refractivity contribution in [1.82, 2.24) is 4.98 Å². The van der Waals surface area contributed by atoms with E-state index in [9.17, 15) is 0 Å². The van der Waals surface area contributed by atoms with Crippen LogP contribution in [0.1, 0.15) is 18.4 Å². The van der Waals surface area contributed by atoms with Crippen molar-refractivity contribution in [2.45, 2.75) is 12.8 Å². The van der Waals surface area contributed by atoms with Crippen molar-refractivity contribution in [2.24, 2.45) is 0 Å². The number of rotatable bonds is 1. The minimum Gasteiger partial charge on any atom is -0.361 e. The summed E-state index contributed by atoms with van der Waals surface area (Å²) in [6, 6.07) is 10.3. The van der Waals surface area contributed by atoms with Crippen molar-refractivity contribution in [2.75, 3.05) is 0 Å². The third-order valence-corrected chi connectivity index (χ3v) is 2.29. The summed E-state index contributed by atoms with van der Waals surface area (Å²) in [4.78, 5) is 3.13. The highest BCUT2D eigenvalue weighted by Gasteiger charge is 2.07. The van der Waals surface area contributed by atoms with Gasteiger partial charge in [-0.2, -0.15) is 5.26 Å². The molecule has 1 atom stereocenters. The van der Waals surface area contributed by atoms with Gasteiger partial charge in [-0.05, 0) is 24.6 Å². The molecule has 1 aromatic carbocycles. The number of nitrogens with one attached hydrogen (secondary N) is 1. The van der Waals surface area contributed by atoms with E-state index in [4.69, 9.17) is 5.26 Å². The Morgan fingerprint density at radius 2 is 2.23 bits per heavy atom. The third kappa shape index (κ3) is 1.19. The second-order valence-electron chi connectivity index (χ2n) is 3.14. The van der Waals surface area contributed by atoms with Gasteiger partial charge in [0, 0.05) is 17.1 Å². The standard InChI is InChI=1S/C11H10N2/c1-8(7-12)9-3-2-4-11-10(9)5-6-13-11/h2-6,8,13H,1H3. The van der Waals surface area contributed by atoms with Crippen LogP contribution in [0.4, 0.5) is 0 Å². The van der Waals surface area contributed by atoms with Crippen molar-refractivity contribution in [1.29, 1.82) is 5.26 Å². The first-order valence-corrected chi connectivity index (χ1v) is 4.28. The molecule has 2 aromatic rings. The summed E-state index contributed by atoms with van der Waals surface area (Å²) >= 11 is 0. The second-order valence-corrected chi connectivity index (χ2v) is 3.14. The molecule has 0 bridgehead atoms. The van der Waals surface area contributed by atoms with E-state index < -0.39 is 0 Å². The minimum atomic E-state index is -0.0421. The predicted molar refractivity (Wildman–Crippen MR) is 52.3 cm³/mol. The average Bonchev–Trinajstić information content (AvgIpc) is 2.63. The van der Waals surface area contributed by atoms with Gasteiger partial charge in [0.05, 0.1) is 12.0 Å². The van der Waals surface area contributed by atoms with Gasteiger partial charge in [0.1, 0.15) is 0 Å². The zero-order chi connectivity index (χ0) is 9.26. The Kier molecular flexibility index (Phi) is 1.79. The number of benzene rings is 1. The summed E-state index contributed by atoms with van der Waals surface area (Å²) in [6.45, 7) is 1.92. The molecule has 0 aliphatic carbocycles. The monoisotopic (exact) mass is 170 g/mol. The smallest absolute Gasteiger partial charge is 0.0701 e. The molecule has 2 nitrogen and oxygen atoms in total. The first-order chi connectivity index (χ1) is 6.33. The fraction of sp³-hybridized carbons (Fsp3) is 0.182. The largest absolute Gasteiger partial charge is 0.361 e. The van der Waals surface area contributed by atoms with Gasteiger partial charge in [0.2, 0.25) is 0 Å². The highest BCUT2D eigenvalue weighted by Crippen LogP contribution is 2.23. The molecule has 1 heterocycles. The topological polar surface area (TPSA) is 39.6 Å². The van der Waals surface area contributed by atoms with Crippen molar-refractivity contribution in [3.8, 4) is 6.07 Å². The van der Waals surface area contributed by atoms with Gasteiger partial charge < -0.3 is 4.98 Å². The number of hydrogen-bond donors (Lipinski definition) is 1. The molecule has 1 aromatic heterocycles. The summed E-state index contributed by atoms with van der Waals surface area (Å²) in [5, 5.41) is 9.97. The Labute approximate surface area is 76.8 Å². The van der Waals surface area contributed by atoms with Crippen molar-refractivity contribution >= 4 is 10.9 Å². The number of fused-ring (bicyclic) bond motifs is 1. The summed E-state index contributed by atoms with van der Waals surface area (Å²) in [5.41, 5.74) is 2.20. The molecule has 2 heteroatoms. The van der Waals surface area contributed by atoms with Gasteiger partial charge in [-0.15, -0.1) is 0 Å². The van der Waals surface area contributed by atoms with Crippen LogP contribution in [-0.2, 0) is 0 Å². The summed E-state index contributed by atoms with van der Waals surface area (Å²) in [5.74, 6) is -0.0421. The number of aromatic nitrogens is 1. The highest BCUT2D eigenvalue weighted by atomic mass is 14.7. The quantitative estimate of drug-likeness (QED) is 0.702. The molecule has 0 aliphatic heterocycles. The second kappa shape index (κ2) is 2.95. The molecule has 13 heavy (non-hydrogen) atoms. The lowest BCUT2D eigenvalue weighted by Crippen LogP contribution is -1.89. The van der Waals surface area contributed by atoms with Crippen molar-refractivity contribution in [3.63, 3.8) is 0 Å². The first kappa shape index (κ1) is 7.88. The molecule has 2 rings (SSSR count). The van der Waals surface area contributed by atoms with Crippen molar-refractivity contribution < 1.29 is 0 Å². The Morgan fingerprint density at radius 3 is 3.00 bits per heavy atom. The van der Waals surface area contributed by atoms with Gasteiger partial charge in [-0.3, -0.25) is 0 Å². The number of hydrogen-bond acceptors (Lipinski definition) is 1. The summed E-state index contributed by atoms with van der Waals surface area (Å²) in [7, 11) is 0. The van der Waals surface area contributed by atoms with E-state index in [1.165, 1.54) is 0 Å². The Bertz CT molecular complexity index is 462. The number of nitrogens with zero attached hydrogens (tertiary/aromatic N) is 1. The van der Waals surface area contributed by atoms with Crippen LogP contribution in [-0.4, -0.2) is 4.98 Å². The molecule has 1 N–H and O–H groups in total. The SMILES string of the molecule is CC(C#N)c1cccc2[nH]ccc12. The van der Waals surface area contributed by atoms with E-state index in [-0.39, 0.29) is 5.92 Å². The van der Waals surface area contributed by atoms with Gasteiger partial charge in [0.15, 0.2) is 0 Å². The number of aromatic amines is 1. The molecule has 0 amide bonds. The molecular weight excluding hydrogens is 160 g/mol. The van der Waals surface area contributed by atoms with E-state index in [2.05, 4.69) is 11.1 Å². The lowest BCUT2D eigenvalue weighted by atomic mass is 9.99. The van der Waals surface area contributed by atoms with E-state index in [1.807, 2.05) is 37.4 Å². The third-order valence-electron chi connectivity index (χ3n) is 2.29. The predicted octanol–water partition coefficient (Wildman–Crippen LogP) is 2.79.